The molecule has 2 atom stereocenters. The standard InChI is InChI=1S/C18H30N4O6/c1-2-3-8-27-18(26)21-15(17(24)25)11-20-16(23)10-13-9-14(22-28-13)12-4-6-19-7-5-12/h12-13,15,19H,2-11H2,1H3,(H,20,23)(H,21,26)(H,24,25)/t13?,15-/m0/s1. The molecule has 0 aromatic rings. The Balaban J connectivity index is 1.68. The van der Waals surface area contributed by atoms with E-state index in [9.17, 15) is 19.5 Å². The van der Waals surface area contributed by atoms with Crippen LogP contribution in [0.25, 0.3) is 0 Å². The molecule has 1 saturated heterocycles. The van der Waals surface area contributed by atoms with Crippen molar-refractivity contribution in [1.29, 1.82) is 0 Å². The number of nitrogens with zero attached hydrogens (tertiary/aromatic N) is 1. The third-order valence-electron chi connectivity index (χ3n) is 4.80. The third kappa shape index (κ3) is 7.34. The maximum absolute atomic E-state index is 12.1. The van der Waals surface area contributed by atoms with E-state index in [1.807, 2.05) is 6.92 Å². The summed E-state index contributed by atoms with van der Waals surface area (Å²) in [6, 6.07) is -1.26. The minimum atomic E-state index is -1.26. The molecular formula is C18H30N4O6. The lowest BCUT2D eigenvalue weighted by atomic mass is 9.90. The minimum absolute atomic E-state index is 0.0885. The van der Waals surface area contributed by atoms with Crippen LogP contribution >= 0.6 is 0 Å². The normalized spacial score (nSPS) is 20.6. The number of nitrogens with one attached hydrogen (secondary N) is 3. The highest BCUT2D eigenvalue weighted by Crippen LogP contribution is 2.24. The molecule has 2 heterocycles. The molecule has 2 amide bonds. The van der Waals surface area contributed by atoms with Gasteiger partial charge < -0.3 is 30.6 Å². The topological polar surface area (TPSA) is 138 Å². The summed E-state index contributed by atoms with van der Waals surface area (Å²) >= 11 is 0. The van der Waals surface area contributed by atoms with Crippen molar-refractivity contribution in [3.05, 3.63) is 0 Å². The lowest BCUT2D eigenvalue weighted by Crippen LogP contribution is -2.48. The molecule has 0 aromatic heterocycles. The van der Waals surface area contributed by atoms with Crippen LogP contribution in [0.2, 0.25) is 0 Å². The Hall–Kier alpha value is -2.36. The lowest BCUT2D eigenvalue weighted by Gasteiger charge is -2.21. The highest BCUT2D eigenvalue weighted by molar-refractivity contribution is 5.89. The number of carboxylic acid groups (broad SMARTS) is 1. The predicted octanol–water partition coefficient (Wildman–Crippen LogP) is 0.617. The molecule has 0 spiro atoms. The van der Waals surface area contributed by atoms with Crippen LogP contribution < -0.4 is 16.0 Å². The fraction of sp³-hybridized carbons (Fsp3) is 0.778. The number of rotatable bonds is 10. The maximum atomic E-state index is 12.1. The number of hydrogen-bond acceptors (Lipinski definition) is 7. The van der Waals surface area contributed by atoms with Gasteiger partial charge in [-0.2, -0.15) is 0 Å². The Labute approximate surface area is 164 Å². The first-order valence-corrected chi connectivity index (χ1v) is 9.85. The summed E-state index contributed by atoms with van der Waals surface area (Å²) in [5.74, 6) is -1.20. The van der Waals surface area contributed by atoms with Crippen LogP contribution in [0.5, 0.6) is 0 Å². The molecule has 2 aliphatic rings. The first kappa shape index (κ1) is 21.9. The summed E-state index contributed by atoms with van der Waals surface area (Å²) in [5.41, 5.74) is 0.999. The van der Waals surface area contributed by atoms with Crippen LogP contribution in [0.4, 0.5) is 4.79 Å². The van der Waals surface area contributed by atoms with Gasteiger partial charge >= 0.3 is 12.1 Å². The van der Waals surface area contributed by atoms with Gasteiger partial charge in [-0.3, -0.25) is 4.79 Å². The molecule has 10 nitrogen and oxygen atoms in total. The van der Waals surface area contributed by atoms with E-state index in [1.54, 1.807) is 0 Å². The van der Waals surface area contributed by atoms with Gasteiger partial charge in [-0.1, -0.05) is 18.5 Å². The van der Waals surface area contributed by atoms with Gasteiger partial charge in [0.25, 0.3) is 0 Å². The molecule has 0 aliphatic carbocycles. The minimum Gasteiger partial charge on any atom is -0.480 e. The Morgan fingerprint density at radius 3 is 2.79 bits per heavy atom. The number of aliphatic carboxylic acids is 1. The first-order chi connectivity index (χ1) is 13.5. The number of hydrogen-bond donors (Lipinski definition) is 4. The van der Waals surface area contributed by atoms with Gasteiger partial charge in [-0.05, 0) is 32.4 Å². The van der Waals surface area contributed by atoms with Crippen LogP contribution in [0, 0.1) is 5.92 Å². The zero-order valence-corrected chi connectivity index (χ0v) is 16.2. The van der Waals surface area contributed by atoms with Crippen molar-refractivity contribution in [2.24, 2.45) is 11.1 Å². The number of unbranched alkanes of at least 4 members (excludes halogenated alkanes) is 1. The highest BCUT2D eigenvalue weighted by atomic mass is 16.6. The number of oxime groups is 1. The molecule has 0 bridgehead atoms. The van der Waals surface area contributed by atoms with Crippen molar-refractivity contribution >= 4 is 23.7 Å². The number of carbonyl (C=O) groups excluding carboxylic acids is 2. The monoisotopic (exact) mass is 398 g/mol. The lowest BCUT2D eigenvalue weighted by molar-refractivity contribution is -0.139. The Morgan fingerprint density at radius 2 is 2.11 bits per heavy atom. The van der Waals surface area contributed by atoms with Crippen LogP contribution in [0.3, 0.4) is 0 Å². The Bertz CT molecular complexity index is 576. The van der Waals surface area contributed by atoms with Crippen LogP contribution in [0.15, 0.2) is 5.16 Å². The van der Waals surface area contributed by atoms with Crippen molar-refractivity contribution in [3.8, 4) is 0 Å². The van der Waals surface area contributed by atoms with Crippen LogP contribution in [0.1, 0.15) is 45.4 Å². The van der Waals surface area contributed by atoms with Gasteiger partial charge in [0.05, 0.1) is 18.7 Å². The Kier molecular flexibility index (Phi) is 8.99. The molecule has 0 aromatic carbocycles. The van der Waals surface area contributed by atoms with Gasteiger partial charge in [-0.25, -0.2) is 9.59 Å². The number of ether oxygens (including phenoxy) is 1. The molecule has 28 heavy (non-hydrogen) atoms. The quantitative estimate of drug-likeness (QED) is 0.396. The highest BCUT2D eigenvalue weighted by Gasteiger charge is 2.30. The summed E-state index contributed by atoms with van der Waals surface area (Å²) < 4.78 is 4.88. The van der Waals surface area contributed by atoms with E-state index in [2.05, 4.69) is 21.1 Å². The second-order valence-corrected chi connectivity index (χ2v) is 7.07. The second-order valence-electron chi connectivity index (χ2n) is 7.07. The summed E-state index contributed by atoms with van der Waals surface area (Å²) in [6.45, 7) is 3.86. The maximum Gasteiger partial charge on any atom is 0.407 e. The van der Waals surface area contributed by atoms with E-state index >= 15 is 0 Å². The average Bonchev–Trinajstić information content (AvgIpc) is 3.14. The fourth-order valence-electron chi connectivity index (χ4n) is 3.14. The molecule has 0 saturated carbocycles. The van der Waals surface area contributed by atoms with Gasteiger partial charge in [0, 0.05) is 18.9 Å². The summed E-state index contributed by atoms with van der Waals surface area (Å²) in [5, 5.41) is 21.4. The molecule has 4 N–H and O–H groups in total. The number of carboxylic acids is 1. The SMILES string of the molecule is CCCCOC(=O)N[C@@H](CNC(=O)CC1CC(C2CCNCC2)=NO1)C(=O)O. The summed E-state index contributed by atoms with van der Waals surface area (Å²) in [7, 11) is 0. The van der Waals surface area contributed by atoms with Crippen LogP contribution in [-0.2, 0) is 19.2 Å². The molecule has 2 rings (SSSR count). The van der Waals surface area contributed by atoms with E-state index in [-0.39, 0.29) is 31.6 Å². The fourth-order valence-corrected chi connectivity index (χ4v) is 3.14. The molecule has 1 unspecified atom stereocenters. The average molecular weight is 398 g/mol. The van der Waals surface area contributed by atoms with Crippen molar-refractivity contribution in [2.45, 2.75) is 57.6 Å². The van der Waals surface area contributed by atoms with Crippen LogP contribution in [-0.4, -0.2) is 67.2 Å². The van der Waals surface area contributed by atoms with E-state index in [1.165, 1.54) is 0 Å². The largest absolute Gasteiger partial charge is 0.480 e. The summed E-state index contributed by atoms with van der Waals surface area (Å²) in [6.07, 6.45) is 3.15. The zero-order valence-electron chi connectivity index (χ0n) is 16.2. The molecular weight excluding hydrogens is 368 g/mol. The van der Waals surface area contributed by atoms with E-state index < -0.39 is 18.1 Å². The van der Waals surface area contributed by atoms with Gasteiger partial charge in [-0.15, -0.1) is 0 Å². The second kappa shape index (κ2) is 11.5. The number of piperidine rings is 1. The van der Waals surface area contributed by atoms with E-state index in [0.717, 1.165) is 38.1 Å². The molecule has 1 fully saturated rings. The molecule has 158 valence electrons. The van der Waals surface area contributed by atoms with E-state index in [4.69, 9.17) is 9.57 Å². The number of amides is 2. The molecule has 0 radical (unpaired) electrons. The van der Waals surface area contributed by atoms with E-state index in [0.29, 0.717) is 18.8 Å². The van der Waals surface area contributed by atoms with Crippen molar-refractivity contribution in [2.75, 3.05) is 26.2 Å². The Morgan fingerprint density at radius 1 is 1.36 bits per heavy atom. The van der Waals surface area contributed by atoms with Crippen molar-refractivity contribution in [3.63, 3.8) is 0 Å². The van der Waals surface area contributed by atoms with Gasteiger partial charge in [0.1, 0.15) is 12.1 Å². The smallest absolute Gasteiger partial charge is 0.407 e. The number of carbonyl (C=O) groups is 3. The molecule has 2 aliphatic heterocycles. The van der Waals surface area contributed by atoms with Crippen molar-refractivity contribution < 1.29 is 29.1 Å². The summed E-state index contributed by atoms with van der Waals surface area (Å²) in [4.78, 5) is 40.3. The third-order valence-corrected chi connectivity index (χ3v) is 4.80. The zero-order chi connectivity index (χ0) is 20.4. The predicted molar refractivity (Wildman–Crippen MR) is 101 cm³/mol. The first-order valence-electron chi connectivity index (χ1n) is 9.85. The van der Waals surface area contributed by atoms with Crippen molar-refractivity contribution in [1.82, 2.24) is 16.0 Å². The molecule has 10 heteroatoms. The van der Waals surface area contributed by atoms with Gasteiger partial charge in [0.2, 0.25) is 5.91 Å². The number of alkyl carbamates (subject to hydrolysis) is 1. The van der Waals surface area contributed by atoms with Gasteiger partial charge in [0.15, 0.2) is 0 Å².